The molecular weight excluding hydrogens is 272 g/mol. The van der Waals surface area contributed by atoms with Crippen LogP contribution in [0.5, 0.6) is 0 Å². The van der Waals surface area contributed by atoms with Crippen LogP contribution in [-0.2, 0) is 9.53 Å². The number of rotatable bonds is 8. The summed E-state index contributed by atoms with van der Waals surface area (Å²) in [6.07, 6.45) is 2.16. The highest BCUT2D eigenvalue weighted by molar-refractivity contribution is 5.79. The Labute approximate surface area is 124 Å². The molecule has 2 atom stereocenters. The number of benzene rings is 1. The van der Waals surface area contributed by atoms with Gasteiger partial charge in [0.15, 0.2) is 5.79 Å². The highest BCUT2D eigenvalue weighted by Gasteiger charge is 2.32. The molecule has 0 fully saturated rings. The van der Waals surface area contributed by atoms with E-state index < -0.39 is 17.7 Å². The zero-order valence-electron chi connectivity index (χ0n) is 12.3. The van der Waals surface area contributed by atoms with Crippen molar-refractivity contribution in [3.8, 4) is 0 Å². The van der Waals surface area contributed by atoms with E-state index in [0.717, 1.165) is 11.6 Å². The van der Waals surface area contributed by atoms with E-state index in [2.05, 4.69) is 0 Å². The van der Waals surface area contributed by atoms with Gasteiger partial charge in [0, 0.05) is 25.5 Å². The number of carbonyl (C=O) groups is 1. The molecule has 0 saturated heterocycles. The zero-order valence-corrected chi connectivity index (χ0v) is 12.3. The van der Waals surface area contributed by atoms with E-state index in [1.807, 2.05) is 30.3 Å². The number of aliphatic hydroxyl groups is 2. The van der Waals surface area contributed by atoms with Crippen LogP contribution in [-0.4, -0.2) is 34.2 Å². The number of carboxylic acid groups (broad SMARTS) is 1. The normalized spacial score (nSPS) is 15.0. The van der Waals surface area contributed by atoms with Crippen molar-refractivity contribution in [1.29, 1.82) is 0 Å². The second-order valence-electron chi connectivity index (χ2n) is 5.10. The third-order valence-corrected chi connectivity index (χ3v) is 3.49. The van der Waals surface area contributed by atoms with Crippen molar-refractivity contribution in [2.24, 2.45) is 5.92 Å². The molecule has 0 aliphatic heterocycles. The summed E-state index contributed by atoms with van der Waals surface area (Å²) in [5.74, 6) is -3.57. The summed E-state index contributed by atoms with van der Waals surface area (Å²) in [5.41, 5.74) is 0.962. The molecule has 1 aromatic rings. The maximum atomic E-state index is 10.4. The van der Waals surface area contributed by atoms with Gasteiger partial charge in [-0.2, -0.15) is 0 Å². The van der Waals surface area contributed by atoms with E-state index in [0.29, 0.717) is 6.42 Å². The third-order valence-electron chi connectivity index (χ3n) is 3.49. The average molecular weight is 294 g/mol. The van der Waals surface area contributed by atoms with E-state index in [4.69, 9.17) is 9.84 Å². The molecule has 0 aliphatic carbocycles. The summed E-state index contributed by atoms with van der Waals surface area (Å²) < 4.78 is 5.41. The molecule has 3 N–H and O–H groups in total. The summed E-state index contributed by atoms with van der Waals surface area (Å²) in [7, 11) is 1.57. The average Bonchev–Trinajstić information content (AvgIpc) is 2.44. The molecule has 0 aliphatic rings. The van der Waals surface area contributed by atoms with E-state index in [-0.39, 0.29) is 12.5 Å². The first-order chi connectivity index (χ1) is 9.86. The molecular formula is C16H22O5. The molecule has 0 radical (unpaired) electrons. The minimum atomic E-state index is -1.97. The van der Waals surface area contributed by atoms with Gasteiger partial charge < -0.3 is 20.1 Å². The van der Waals surface area contributed by atoms with E-state index in [1.54, 1.807) is 14.0 Å². The predicted octanol–water partition coefficient (Wildman–Crippen LogP) is 2.11. The lowest BCUT2D eigenvalue weighted by molar-refractivity contribution is -0.199. The van der Waals surface area contributed by atoms with Crippen molar-refractivity contribution in [3.63, 3.8) is 0 Å². The molecule has 0 spiro atoms. The van der Waals surface area contributed by atoms with Gasteiger partial charge in [0.2, 0.25) is 0 Å². The number of ether oxygens (including phenoxy) is 1. The molecule has 0 aromatic heterocycles. The second-order valence-corrected chi connectivity index (χ2v) is 5.10. The topological polar surface area (TPSA) is 87.0 Å². The van der Waals surface area contributed by atoms with Gasteiger partial charge >= 0.3 is 5.97 Å². The lowest BCUT2D eigenvalue weighted by atomic mass is 9.89. The molecule has 5 heteroatoms. The van der Waals surface area contributed by atoms with Gasteiger partial charge in [-0.05, 0) is 12.0 Å². The van der Waals surface area contributed by atoms with Crippen LogP contribution in [0.3, 0.4) is 0 Å². The molecule has 5 nitrogen and oxygen atoms in total. The molecule has 0 heterocycles. The van der Waals surface area contributed by atoms with Gasteiger partial charge in [-0.3, -0.25) is 0 Å². The maximum Gasteiger partial charge on any atom is 0.327 e. The Morgan fingerprint density at radius 2 is 1.95 bits per heavy atom. The highest BCUT2D eigenvalue weighted by Crippen LogP contribution is 2.30. The van der Waals surface area contributed by atoms with Crippen LogP contribution in [0, 0.1) is 5.92 Å². The summed E-state index contributed by atoms with van der Waals surface area (Å²) in [5, 5.41) is 28.6. The van der Waals surface area contributed by atoms with Crippen LogP contribution >= 0.6 is 0 Å². The van der Waals surface area contributed by atoms with E-state index >= 15 is 0 Å². The van der Waals surface area contributed by atoms with Crippen molar-refractivity contribution in [2.75, 3.05) is 7.11 Å². The van der Waals surface area contributed by atoms with Gasteiger partial charge in [-0.1, -0.05) is 43.3 Å². The first-order valence-electron chi connectivity index (χ1n) is 6.78. The van der Waals surface area contributed by atoms with E-state index in [9.17, 15) is 15.0 Å². The first kappa shape index (κ1) is 17.4. The monoisotopic (exact) mass is 294 g/mol. The molecule has 0 bridgehead atoms. The molecule has 1 aromatic carbocycles. The van der Waals surface area contributed by atoms with Gasteiger partial charge in [-0.25, -0.2) is 4.79 Å². The number of carboxylic acids is 1. The quantitative estimate of drug-likeness (QED) is 0.505. The Kier molecular flexibility index (Phi) is 6.55. The Balaban J connectivity index is 2.68. The first-order valence-corrected chi connectivity index (χ1v) is 6.78. The van der Waals surface area contributed by atoms with Gasteiger partial charge in [0.05, 0.1) is 6.10 Å². The largest absolute Gasteiger partial charge is 0.478 e. The number of hydrogen-bond donors (Lipinski definition) is 3. The van der Waals surface area contributed by atoms with Crippen molar-refractivity contribution in [3.05, 3.63) is 48.0 Å². The fourth-order valence-electron chi connectivity index (χ4n) is 2.08. The molecule has 21 heavy (non-hydrogen) atoms. The minimum absolute atomic E-state index is 0.147. The summed E-state index contributed by atoms with van der Waals surface area (Å²) >= 11 is 0. The van der Waals surface area contributed by atoms with Gasteiger partial charge in [0.25, 0.3) is 0 Å². The lowest BCUT2D eigenvalue weighted by Crippen LogP contribution is -2.36. The van der Waals surface area contributed by atoms with Crippen LogP contribution in [0.4, 0.5) is 0 Å². The fourth-order valence-corrected chi connectivity index (χ4v) is 2.08. The summed E-state index contributed by atoms with van der Waals surface area (Å²) in [6, 6.07) is 9.53. The highest BCUT2D eigenvalue weighted by atomic mass is 16.5. The summed E-state index contributed by atoms with van der Waals surface area (Å²) in [4.78, 5) is 10.4. The SMILES string of the molecule is COC(CC(C)C(O)(O)C/C=C/C(=O)O)c1ccccc1. The van der Waals surface area contributed by atoms with Crippen molar-refractivity contribution in [1.82, 2.24) is 0 Å². The van der Waals surface area contributed by atoms with Gasteiger partial charge in [0.1, 0.15) is 0 Å². The number of methoxy groups -OCH3 is 1. The van der Waals surface area contributed by atoms with Crippen LogP contribution < -0.4 is 0 Å². The number of aliphatic carboxylic acids is 1. The Morgan fingerprint density at radius 3 is 2.48 bits per heavy atom. The molecule has 2 unspecified atom stereocenters. The Morgan fingerprint density at radius 1 is 1.33 bits per heavy atom. The van der Waals surface area contributed by atoms with Crippen LogP contribution in [0.2, 0.25) is 0 Å². The Bertz CT molecular complexity index is 467. The second kappa shape index (κ2) is 7.93. The van der Waals surface area contributed by atoms with Gasteiger partial charge in [-0.15, -0.1) is 0 Å². The standard InChI is InChI=1S/C16H22O5/c1-12(16(19,20)10-6-9-15(17)18)11-14(21-2)13-7-4-3-5-8-13/h3-9,12,14,19-20H,10-11H2,1-2H3,(H,17,18)/b9-6+. The van der Waals surface area contributed by atoms with Crippen LogP contribution in [0.15, 0.2) is 42.5 Å². The van der Waals surface area contributed by atoms with Crippen molar-refractivity contribution in [2.45, 2.75) is 31.7 Å². The summed E-state index contributed by atoms with van der Waals surface area (Å²) in [6.45, 7) is 1.70. The van der Waals surface area contributed by atoms with E-state index in [1.165, 1.54) is 6.08 Å². The fraction of sp³-hybridized carbons (Fsp3) is 0.438. The zero-order chi connectivity index (χ0) is 15.9. The molecule has 116 valence electrons. The van der Waals surface area contributed by atoms with Crippen molar-refractivity contribution < 1.29 is 24.9 Å². The lowest BCUT2D eigenvalue weighted by Gasteiger charge is -2.30. The molecule has 1 rings (SSSR count). The molecule has 0 amide bonds. The predicted molar refractivity (Wildman–Crippen MR) is 78.5 cm³/mol. The minimum Gasteiger partial charge on any atom is -0.478 e. The van der Waals surface area contributed by atoms with Crippen LogP contribution in [0.1, 0.15) is 31.4 Å². The Hall–Kier alpha value is -1.69. The number of hydrogen-bond acceptors (Lipinski definition) is 4. The van der Waals surface area contributed by atoms with Crippen molar-refractivity contribution >= 4 is 5.97 Å². The third kappa shape index (κ3) is 5.67. The van der Waals surface area contributed by atoms with Crippen LogP contribution in [0.25, 0.3) is 0 Å². The molecule has 0 saturated carbocycles. The smallest absolute Gasteiger partial charge is 0.327 e. The maximum absolute atomic E-state index is 10.4.